The van der Waals surface area contributed by atoms with Gasteiger partial charge in [0.2, 0.25) is 5.82 Å². The fraction of sp³-hybridized carbons (Fsp3) is 0.727. The summed E-state index contributed by atoms with van der Waals surface area (Å²) in [4.78, 5) is 14.2. The lowest BCUT2D eigenvalue weighted by Crippen LogP contribution is -2.38. The minimum Gasteiger partial charge on any atom is -0.336 e. The SMILES string of the molecule is O=C(c1nnc2n1CCNC2)N1CCCCC1. The molecule has 0 bridgehead atoms. The number of nitrogens with zero attached hydrogens (tertiary/aromatic N) is 4. The van der Waals surface area contributed by atoms with Crippen LogP contribution in [0.4, 0.5) is 0 Å². The van der Waals surface area contributed by atoms with Crippen molar-refractivity contribution in [1.29, 1.82) is 0 Å². The molecule has 1 amide bonds. The molecule has 2 aliphatic heterocycles. The molecule has 0 aliphatic carbocycles. The molecule has 1 aromatic heterocycles. The largest absolute Gasteiger partial charge is 0.336 e. The molecule has 0 spiro atoms. The van der Waals surface area contributed by atoms with Crippen molar-refractivity contribution in [2.24, 2.45) is 0 Å². The van der Waals surface area contributed by atoms with Crippen LogP contribution in [0.25, 0.3) is 0 Å². The van der Waals surface area contributed by atoms with Crippen molar-refractivity contribution in [3.63, 3.8) is 0 Å². The van der Waals surface area contributed by atoms with Gasteiger partial charge in [0.15, 0.2) is 0 Å². The van der Waals surface area contributed by atoms with E-state index in [1.165, 1.54) is 6.42 Å². The van der Waals surface area contributed by atoms with Gasteiger partial charge in [-0.1, -0.05) is 0 Å². The second-order valence-electron chi connectivity index (χ2n) is 4.62. The summed E-state index contributed by atoms with van der Waals surface area (Å²) in [7, 11) is 0. The number of carbonyl (C=O) groups excluding carboxylic acids is 1. The van der Waals surface area contributed by atoms with Crippen LogP contribution in [0.3, 0.4) is 0 Å². The average molecular weight is 235 g/mol. The van der Waals surface area contributed by atoms with Crippen LogP contribution in [0.1, 0.15) is 35.7 Å². The van der Waals surface area contributed by atoms with Crippen LogP contribution < -0.4 is 5.32 Å². The van der Waals surface area contributed by atoms with Gasteiger partial charge >= 0.3 is 0 Å². The van der Waals surface area contributed by atoms with Crippen LogP contribution in [0.5, 0.6) is 0 Å². The molecule has 0 atom stereocenters. The molecule has 17 heavy (non-hydrogen) atoms. The first-order chi connectivity index (χ1) is 8.36. The minimum atomic E-state index is 0.0466. The molecule has 6 heteroatoms. The zero-order valence-corrected chi connectivity index (χ0v) is 9.85. The fourth-order valence-corrected chi connectivity index (χ4v) is 2.49. The number of rotatable bonds is 1. The van der Waals surface area contributed by atoms with Crippen molar-refractivity contribution in [2.75, 3.05) is 19.6 Å². The van der Waals surface area contributed by atoms with Gasteiger partial charge in [0.25, 0.3) is 5.91 Å². The molecule has 0 saturated carbocycles. The number of hydrogen-bond donors (Lipinski definition) is 1. The number of hydrogen-bond acceptors (Lipinski definition) is 4. The molecule has 92 valence electrons. The van der Waals surface area contributed by atoms with E-state index in [4.69, 9.17) is 0 Å². The van der Waals surface area contributed by atoms with Crippen molar-refractivity contribution < 1.29 is 4.79 Å². The maximum Gasteiger partial charge on any atom is 0.291 e. The molecule has 2 aliphatic rings. The number of nitrogens with one attached hydrogen (secondary N) is 1. The number of likely N-dealkylation sites (tertiary alicyclic amines) is 1. The molecule has 3 heterocycles. The molecular formula is C11H17N5O. The molecule has 1 fully saturated rings. The number of carbonyl (C=O) groups is 1. The average Bonchev–Trinajstić information content (AvgIpc) is 2.83. The van der Waals surface area contributed by atoms with Crippen LogP contribution in [-0.2, 0) is 13.1 Å². The van der Waals surface area contributed by atoms with E-state index >= 15 is 0 Å². The van der Waals surface area contributed by atoms with E-state index in [9.17, 15) is 4.79 Å². The highest BCUT2D eigenvalue weighted by Crippen LogP contribution is 2.13. The first-order valence-electron chi connectivity index (χ1n) is 6.28. The van der Waals surface area contributed by atoms with E-state index in [0.29, 0.717) is 12.4 Å². The summed E-state index contributed by atoms with van der Waals surface area (Å²) in [6.45, 7) is 4.10. The van der Waals surface area contributed by atoms with Crippen molar-refractivity contribution in [1.82, 2.24) is 25.0 Å². The van der Waals surface area contributed by atoms with Gasteiger partial charge in [-0.3, -0.25) is 4.79 Å². The number of amides is 1. The zero-order chi connectivity index (χ0) is 11.7. The Morgan fingerprint density at radius 3 is 2.76 bits per heavy atom. The fourth-order valence-electron chi connectivity index (χ4n) is 2.49. The van der Waals surface area contributed by atoms with E-state index in [2.05, 4.69) is 15.5 Å². The number of piperidine rings is 1. The van der Waals surface area contributed by atoms with Crippen LogP contribution in [-0.4, -0.2) is 45.2 Å². The van der Waals surface area contributed by atoms with Gasteiger partial charge in [-0.15, -0.1) is 10.2 Å². The molecule has 1 aromatic rings. The van der Waals surface area contributed by atoms with E-state index in [-0.39, 0.29) is 5.91 Å². The van der Waals surface area contributed by atoms with Crippen molar-refractivity contribution in [2.45, 2.75) is 32.4 Å². The second kappa shape index (κ2) is 4.44. The topological polar surface area (TPSA) is 63.1 Å². The third-order valence-electron chi connectivity index (χ3n) is 3.46. The number of aromatic nitrogens is 3. The Morgan fingerprint density at radius 2 is 1.94 bits per heavy atom. The molecular weight excluding hydrogens is 218 g/mol. The summed E-state index contributed by atoms with van der Waals surface area (Å²) >= 11 is 0. The van der Waals surface area contributed by atoms with Gasteiger partial charge in [0, 0.05) is 26.2 Å². The smallest absolute Gasteiger partial charge is 0.291 e. The standard InChI is InChI=1S/C11H17N5O/c17-11(15-5-2-1-3-6-15)10-14-13-9-8-12-4-7-16(9)10/h12H,1-8H2. The Hall–Kier alpha value is -1.43. The summed E-state index contributed by atoms with van der Waals surface area (Å²) in [5, 5.41) is 11.4. The third kappa shape index (κ3) is 1.93. The lowest BCUT2D eigenvalue weighted by molar-refractivity contribution is 0.0705. The maximum atomic E-state index is 12.3. The van der Waals surface area contributed by atoms with Crippen LogP contribution >= 0.6 is 0 Å². The molecule has 0 radical (unpaired) electrons. The van der Waals surface area contributed by atoms with Gasteiger partial charge in [0.1, 0.15) is 5.82 Å². The molecule has 6 nitrogen and oxygen atoms in total. The van der Waals surface area contributed by atoms with Gasteiger partial charge in [0.05, 0.1) is 6.54 Å². The van der Waals surface area contributed by atoms with Crippen molar-refractivity contribution in [3.05, 3.63) is 11.6 Å². The summed E-state index contributed by atoms with van der Waals surface area (Å²) in [5.74, 6) is 1.44. The van der Waals surface area contributed by atoms with Gasteiger partial charge < -0.3 is 14.8 Å². The predicted molar refractivity (Wildman–Crippen MR) is 61.5 cm³/mol. The van der Waals surface area contributed by atoms with E-state index in [0.717, 1.165) is 44.8 Å². The Balaban J connectivity index is 1.83. The lowest BCUT2D eigenvalue weighted by atomic mass is 10.1. The summed E-state index contributed by atoms with van der Waals surface area (Å²) in [6.07, 6.45) is 3.44. The molecule has 0 unspecified atom stereocenters. The summed E-state index contributed by atoms with van der Waals surface area (Å²) < 4.78 is 1.95. The summed E-state index contributed by atoms with van der Waals surface area (Å²) in [5.41, 5.74) is 0. The Kier molecular flexibility index (Phi) is 2.80. The Morgan fingerprint density at radius 1 is 1.12 bits per heavy atom. The highest BCUT2D eigenvalue weighted by atomic mass is 16.2. The molecule has 0 aromatic carbocycles. The monoisotopic (exact) mass is 235 g/mol. The Labute approximate surface area is 100 Å². The van der Waals surface area contributed by atoms with Gasteiger partial charge in [-0.05, 0) is 19.3 Å². The third-order valence-corrected chi connectivity index (χ3v) is 3.46. The zero-order valence-electron chi connectivity index (χ0n) is 9.85. The van der Waals surface area contributed by atoms with Gasteiger partial charge in [-0.25, -0.2) is 0 Å². The first-order valence-corrected chi connectivity index (χ1v) is 6.28. The summed E-state index contributed by atoms with van der Waals surface area (Å²) in [6, 6.07) is 0. The van der Waals surface area contributed by atoms with E-state index in [1.807, 2.05) is 9.47 Å². The number of fused-ring (bicyclic) bond motifs is 1. The van der Waals surface area contributed by atoms with Crippen molar-refractivity contribution in [3.8, 4) is 0 Å². The molecule has 1 N–H and O–H groups in total. The lowest BCUT2D eigenvalue weighted by Gasteiger charge is -2.26. The maximum absolute atomic E-state index is 12.3. The van der Waals surface area contributed by atoms with E-state index in [1.54, 1.807) is 0 Å². The van der Waals surface area contributed by atoms with Crippen LogP contribution in [0, 0.1) is 0 Å². The highest BCUT2D eigenvalue weighted by Gasteiger charge is 2.25. The molecule has 1 saturated heterocycles. The van der Waals surface area contributed by atoms with Crippen LogP contribution in [0.15, 0.2) is 0 Å². The highest BCUT2D eigenvalue weighted by molar-refractivity contribution is 5.90. The minimum absolute atomic E-state index is 0.0466. The van der Waals surface area contributed by atoms with Gasteiger partial charge in [-0.2, -0.15) is 0 Å². The van der Waals surface area contributed by atoms with Crippen molar-refractivity contribution >= 4 is 5.91 Å². The van der Waals surface area contributed by atoms with E-state index < -0.39 is 0 Å². The van der Waals surface area contributed by atoms with Crippen LogP contribution in [0.2, 0.25) is 0 Å². The second-order valence-corrected chi connectivity index (χ2v) is 4.62. The Bertz CT molecular complexity index is 421. The molecule has 3 rings (SSSR count). The predicted octanol–water partition coefficient (Wildman–Crippen LogP) is 0.00740. The normalized spacial score (nSPS) is 20.1. The first kappa shape index (κ1) is 10.7. The quantitative estimate of drug-likeness (QED) is 0.744.